The van der Waals surface area contributed by atoms with Crippen LogP contribution in [0, 0.1) is 0 Å². The molecule has 1 N–H and O–H groups in total. The Kier molecular flexibility index (Phi) is 6.24. The average molecular weight is 364 g/mol. The van der Waals surface area contributed by atoms with Gasteiger partial charge in [0.25, 0.3) is 0 Å². The Labute approximate surface area is 146 Å². The quantitative estimate of drug-likeness (QED) is 0.561. The van der Waals surface area contributed by atoms with E-state index < -0.39 is 10.4 Å². The van der Waals surface area contributed by atoms with Gasteiger partial charge in [-0.15, -0.1) is 0 Å². The van der Waals surface area contributed by atoms with Gasteiger partial charge in [-0.05, 0) is 37.1 Å². The molecule has 3 rings (SSSR count). The molecule has 0 aliphatic heterocycles. The SMILES string of the molecule is CCOS(=O)(=O)O.CCc1ccc2nc3ccccc3nc2c1OC. The fourth-order valence-corrected chi connectivity index (χ4v) is 2.66. The van der Waals surface area contributed by atoms with Crippen LogP contribution in [0.25, 0.3) is 22.1 Å². The molecule has 25 heavy (non-hydrogen) atoms. The fourth-order valence-electron chi connectivity index (χ4n) is 2.36. The average Bonchev–Trinajstić information content (AvgIpc) is 2.58. The van der Waals surface area contributed by atoms with Gasteiger partial charge in [-0.1, -0.05) is 25.1 Å². The molecule has 0 fully saturated rings. The largest absolute Gasteiger partial charge is 0.494 e. The molecular weight excluding hydrogens is 344 g/mol. The summed E-state index contributed by atoms with van der Waals surface area (Å²) in [5.74, 6) is 0.841. The zero-order valence-corrected chi connectivity index (χ0v) is 15.1. The maximum Gasteiger partial charge on any atom is 0.397 e. The Balaban J connectivity index is 0.000000277. The molecule has 2 aromatic carbocycles. The molecule has 0 aliphatic carbocycles. The summed E-state index contributed by atoms with van der Waals surface area (Å²) in [5, 5.41) is 0. The lowest BCUT2D eigenvalue weighted by molar-refractivity contribution is 0.283. The van der Waals surface area contributed by atoms with Crippen molar-refractivity contribution in [2.24, 2.45) is 0 Å². The van der Waals surface area contributed by atoms with Crippen molar-refractivity contribution in [1.29, 1.82) is 0 Å². The molecule has 1 heterocycles. The number of para-hydroxylation sites is 2. The highest BCUT2D eigenvalue weighted by Crippen LogP contribution is 2.29. The Morgan fingerprint density at radius 1 is 1.00 bits per heavy atom. The summed E-state index contributed by atoms with van der Waals surface area (Å²) in [6.07, 6.45) is 0.924. The highest BCUT2D eigenvalue weighted by atomic mass is 32.3. The van der Waals surface area contributed by atoms with Crippen LogP contribution in [0.4, 0.5) is 0 Å². The zero-order chi connectivity index (χ0) is 18.4. The lowest BCUT2D eigenvalue weighted by Gasteiger charge is -2.10. The summed E-state index contributed by atoms with van der Waals surface area (Å²) >= 11 is 0. The van der Waals surface area contributed by atoms with Crippen molar-refractivity contribution < 1.29 is 21.9 Å². The highest BCUT2D eigenvalue weighted by molar-refractivity contribution is 7.80. The van der Waals surface area contributed by atoms with Crippen LogP contribution in [-0.4, -0.2) is 36.7 Å². The number of ether oxygens (including phenoxy) is 1. The van der Waals surface area contributed by atoms with Crippen molar-refractivity contribution in [3.05, 3.63) is 42.0 Å². The van der Waals surface area contributed by atoms with Gasteiger partial charge in [0.15, 0.2) is 0 Å². The van der Waals surface area contributed by atoms with Gasteiger partial charge in [0.2, 0.25) is 0 Å². The van der Waals surface area contributed by atoms with E-state index in [0.717, 1.165) is 39.8 Å². The van der Waals surface area contributed by atoms with E-state index in [1.54, 1.807) is 7.11 Å². The van der Waals surface area contributed by atoms with E-state index in [-0.39, 0.29) is 6.61 Å². The van der Waals surface area contributed by atoms with Crippen LogP contribution in [-0.2, 0) is 21.0 Å². The summed E-state index contributed by atoms with van der Waals surface area (Å²) in [6, 6.07) is 12.0. The second kappa shape index (κ2) is 8.19. The number of hydrogen-bond donors (Lipinski definition) is 1. The minimum Gasteiger partial charge on any atom is -0.494 e. The minimum atomic E-state index is -4.17. The van der Waals surface area contributed by atoms with E-state index in [1.165, 1.54) is 6.92 Å². The third-order valence-electron chi connectivity index (χ3n) is 3.40. The first-order valence-corrected chi connectivity index (χ1v) is 9.10. The van der Waals surface area contributed by atoms with Gasteiger partial charge in [-0.25, -0.2) is 14.2 Å². The van der Waals surface area contributed by atoms with Gasteiger partial charge in [-0.2, -0.15) is 8.42 Å². The molecule has 0 spiro atoms. The molecular formula is C17H20N2O5S. The third kappa shape index (κ3) is 4.85. The molecule has 0 bridgehead atoms. The number of fused-ring (bicyclic) bond motifs is 2. The van der Waals surface area contributed by atoms with Crippen LogP contribution in [0.3, 0.4) is 0 Å². The predicted octanol–water partition coefficient (Wildman–Crippen LogP) is 3.18. The van der Waals surface area contributed by atoms with Gasteiger partial charge < -0.3 is 4.74 Å². The summed E-state index contributed by atoms with van der Waals surface area (Å²) in [5.41, 5.74) is 4.70. The van der Waals surface area contributed by atoms with Gasteiger partial charge in [-0.3, -0.25) is 4.55 Å². The Morgan fingerprint density at radius 3 is 2.12 bits per heavy atom. The van der Waals surface area contributed by atoms with Crippen LogP contribution in [0.5, 0.6) is 5.75 Å². The van der Waals surface area contributed by atoms with E-state index >= 15 is 0 Å². The van der Waals surface area contributed by atoms with E-state index in [2.05, 4.69) is 27.1 Å². The summed E-state index contributed by atoms with van der Waals surface area (Å²) < 4.78 is 36.1. The van der Waals surface area contributed by atoms with Gasteiger partial charge in [0, 0.05) is 0 Å². The van der Waals surface area contributed by atoms with Crippen molar-refractivity contribution in [3.8, 4) is 5.75 Å². The smallest absolute Gasteiger partial charge is 0.397 e. The maximum absolute atomic E-state index is 9.56. The number of rotatable bonds is 4. The lowest BCUT2D eigenvalue weighted by Crippen LogP contribution is -2.01. The van der Waals surface area contributed by atoms with Crippen molar-refractivity contribution >= 4 is 32.5 Å². The van der Waals surface area contributed by atoms with E-state index in [4.69, 9.17) is 9.29 Å². The molecule has 0 saturated carbocycles. The normalized spacial score (nSPS) is 11.2. The zero-order valence-electron chi connectivity index (χ0n) is 14.3. The number of nitrogens with zero attached hydrogens (tertiary/aromatic N) is 2. The summed E-state index contributed by atoms with van der Waals surface area (Å²) in [7, 11) is -2.49. The van der Waals surface area contributed by atoms with Crippen molar-refractivity contribution in [2.75, 3.05) is 13.7 Å². The molecule has 0 amide bonds. The molecule has 134 valence electrons. The van der Waals surface area contributed by atoms with E-state index in [0.29, 0.717) is 0 Å². The van der Waals surface area contributed by atoms with Crippen LogP contribution in [0.15, 0.2) is 36.4 Å². The molecule has 0 aliphatic rings. The standard InChI is InChI=1S/C15H14N2O.C2H6O4S/c1-3-10-8-9-13-14(15(10)18-2)17-12-7-5-4-6-11(12)16-13;1-2-6-7(3,4)5/h4-9H,3H2,1-2H3;2H2,1H3,(H,3,4,5). The van der Waals surface area contributed by atoms with E-state index in [1.807, 2.05) is 30.3 Å². The van der Waals surface area contributed by atoms with Crippen molar-refractivity contribution in [2.45, 2.75) is 20.3 Å². The molecule has 0 radical (unpaired) electrons. The van der Waals surface area contributed by atoms with Gasteiger partial charge >= 0.3 is 10.4 Å². The number of hydrogen-bond acceptors (Lipinski definition) is 6. The van der Waals surface area contributed by atoms with Crippen LogP contribution >= 0.6 is 0 Å². The molecule has 0 unspecified atom stereocenters. The molecule has 0 saturated heterocycles. The second-order valence-corrected chi connectivity index (χ2v) is 6.12. The number of benzene rings is 2. The third-order valence-corrected chi connectivity index (χ3v) is 3.93. The molecule has 7 nitrogen and oxygen atoms in total. The maximum atomic E-state index is 9.56. The monoisotopic (exact) mass is 364 g/mol. The van der Waals surface area contributed by atoms with Crippen molar-refractivity contribution in [3.63, 3.8) is 0 Å². The Bertz CT molecular complexity index is 973. The van der Waals surface area contributed by atoms with E-state index in [9.17, 15) is 8.42 Å². The highest BCUT2D eigenvalue weighted by Gasteiger charge is 2.10. The number of methoxy groups -OCH3 is 1. The lowest BCUT2D eigenvalue weighted by atomic mass is 10.1. The first-order chi connectivity index (χ1) is 11.9. The predicted molar refractivity (Wildman–Crippen MR) is 96.1 cm³/mol. The van der Waals surface area contributed by atoms with Crippen LogP contribution in [0.2, 0.25) is 0 Å². The number of aromatic nitrogens is 2. The van der Waals surface area contributed by atoms with Gasteiger partial charge in [0.05, 0.1) is 30.3 Å². The molecule has 8 heteroatoms. The van der Waals surface area contributed by atoms with Crippen LogP contribution < -0.4 is 4.74 Å². The summed E-state index contributed by atoms with van der Waals surface area (Å²) in [6.45, 7) is 3.55. The number of aryl methyl sites for hydroxylation is 1. The molecule has 1 aromatic heterocycles. The minimum absolute atomic E-state index is 0.0289. The molecule has 3 aromatic rings. The van der Waals surface area contributed by atoms with Crippen LogP contribution in [0.1, 0.15) is 19.4 Å². The van der Waals surface area contributed by atoms with Gasteiger partial charge in [0.1, 0.15) is 11.3 Å². The fraction of sp³-hybridized carbons (Fsp3) is 0.294. The first-order valence-electron chi connectivity index (χ1n) is 7.73. The second-order valence-electron chi connectivity index (χ2n) is 5.03. The first kappa shape index (κ1) is 19.0. The Hall–Kier alpha value is -2.29. The molecule has 0 atom stereocenters. The Morgan fingerprint density at radius 2 is 1.64 bits per heavy atom. The van der Waals surface area contributed by atoms with Crippen molar-refractivity contribution in [1.82, 2.24) is 9.97 Å². The summed E-state index contributed by atoms with van der Waals surface area (Å²) in [4.78, 5) is 9.29. The topological polar surface area (TPSA) is 98.6 Å².